The zero-order chi connectivity index (χ0) is 15.2. The molecule has 0 atom stereocenters. The maximum Gasteiger partial charge on any atom is 0.238 e. The van der Waals surface area contributed by atoms with Crippen molar-refractivity contribution < 1.29 is 17.9 Å². The molecule has 0 saturated heterocycles. The quantitative estimate of drug-likeness (QED) is 0.788. The van der Waals surface area contributed by atoms with Gasteiger partial charge in [-0.25, -0.2) is 13.6 Å². The molecular weight excluding hydrogens is 280 g/mol. The second kappa shape index (κ2) is 7.37. The van der Waals surface area contributed by atoms with Crippen LogP contribution in [0.2, 0.25) is 0 Å². The van der Waals surface area contributed by atoms with Gasteiger partial charge < -0.3 is 9.64 Å². The van der Waals surface area contributed by atoms with Crippen molar-refractivity contribution in [1.82, 2.24) is 4.90 Å². The van der Waals surface area contributed by atoms with Crippen molar-refractivity contribution in [3.63, 3.8) is 0 Å². The molecule has 2 N–H and O–H groups in total. The van der Waals surface area contributed by atoms with Crippen LogP contribution in [0, 0.1) is 0 Å². The molecule has 0 saturated carbocycles. The number of ether oxygens (including phenoxy) is 1. The lowest BCUT2D eigenvalue weighted by Gasteiger charge is -2.16. The van der Waals surface area contributed by atoms with Crippen LogP contribution in [0.1, 0.15) is 12.0 Å². The van der Waals surface area contributed by atoms with Gasteiger partial charge in [0.1, 0.15) is 0 Å². The third-order valence-electron chi connectivity index (χ3n) is 2.94. The molecule has 20 heavy (non-hydrogen) atoms. The van der Waals surface area contributed by atoms with Crippen molar-refractivity contribution in [2.24, 2.45) is 5.14 Å². The van der Waals surface area contributed by atoms with Gasteiger partial charge in [-0.15, -0.1) is 0 Å². The molecule has 112 valence electrons. The van der Waals surface area contributed by atoms with Crippen molar-refractivity contribution >= 4 is 15.9 Å². The minimum atomic E-state index is -3.66. The number of nitrogens with two attached hydrogens (primary N) is 1. The van der Waals surface area contributed by atoms with E-state index in [1.165, 1.54) is 12.1 Å². The Morgan fingerprint density at radius 3 is 2.40 bits per heavy atom. The summed E-state index contributed by atoms with van der Waals surface area (Å²) in [7, 11) is -0.347. The third-order valence-corrected chi connectivity index (χ3v) is 3.87. The number of amides is 1. The van der Waals surface area contributed by atoms with Crippen molar-refractivity contribution in [2.45, 2.75) is 17.7 Å². The number of likely N-dealkylation sites (N-methyl/N-ethyl adjacent to an activating group) is 1. The van der Waals surface area contributed by atoms with Gasteiger partial charge in [-0.05, 0) is 24.1 Å². The molecule has 0 aliphatic rings. The van der Waals surface area contributed by atoms with Gasteiger partial charge in [0.2, 0.25) is 15.9 Å². The molecule has 0 aliphatic heterocycles. The molecule has 1 aromatic rings. The predicted octanol–water partition coefficient (Wildman–Crippen LogP) is 0.371. The van der Waals surface area contributed by atoms with Crippen LogP contribution in [0.3, 0.4) is 0 Å². The van der Waals surface area contributed by atoms with E-state index in [0.29, 0.717) is 26.0 Å². The van der Waals surface area contributed by atoms with Gasteiger partial charge in [-0.3, -0.25) is 4.79 Å². The zero-order valence-corrected chi connectivity index (χ0v) is 12.5. The van der Waals surface area contributed by atoms with E-state index in [9.17, 15) is 13.2 Å². The highest BCUT2D eigenvalue weighted by atomic mass is 32.2. The van der Waals surface area contributed by atoms with Gasteiger partial charge >= 0.3 is 0 Å². The van der Waals surface area contributed by atoms with Crippen LogP contribution in [0.4, 0.5) is 0 Å². The van der Waals surface area contributed by atoms with E-state index in [4.69, 9.17) is 9.88 Å². The Hall–Kier alpha value is -1.44. The number of nitrogens with zero attached hydrogens (tertiary/aromatic N) is 1. The highest BCUT2D eigenvalue weighted by Crippen LogP contribution is 2.10. The summed E-state index contributed by atoms with van der Waals surface area (Å²) in [6, 6.07) is 6.23. The third kappa shape index (κ3) is 5.28. The van der Waals surface area contributed by atoms with Gasteiger partial charge in [0.15, 0.2) is 0 Å². The fraction of sp³-hybridized carbons (Fsp3) is 0.462. The molecule has 0 bridgehead atoms. The number of carbonyl (C=O) groups excluding carboxylic acids is 1. The first-order chi connectivity index (χ1) is 9.34. The first-order valence-electron chi connectivity index (χ1n) is 6.19. The highest BCUT2D eigenvalue weighted by Gasteiger charge is 2.10. The number of primary sulfonamides is 1. The second-order valence-electron chi connectivity index (χ2n) is 4.50. The van der Waals surface area contributed by atoms with E-state index in [-0.39, 0.29) is 10.8 Å². The second-order valence-corrected chi connectivity index (χ2v) is 6.06. The van der Waals surface area contributed by atoms with Crippen molar-refractivity contribution in [1.29, 1.82) is 0 Å². The molecule has 1 aromatic carbocycles. The Morgan fingerprint density at radius 1 is 1.30 bits per heavy atom. The summed E-state index contributed by atoms with van der Waals surface area (Å²) in [5.41, 5.74) is 0.894. The highest BCUT2D eigenvalue weighted by molar-refractivity contribution is 7.89. The summed E-state index contributed by atoms with van der Waals surface area (Å²) in [6.07, 6.45) is 0.927. The average molecular weight is 300 g/mol. The molecule has 6 nitrogen and oxygen atoms in total. The number of rotatable bonds is 7. The lowest BCUT2D eigenvalue weighted by molar-refractivity contribution is -0.130. The summed E-state index contributed by atoms with van der Waals surface area (Å²) < 4.78 is 27.1. The van der Waals surface area contributed by atoms with Crippen LogP contribution in [0.15, 0.2) is 29.2 Å². The Balaban J connectivity index is 2.52. The molecule has 1 rings (SSSR count). The Kier molecular flexibility index (Phi) is 6.12. The number of methoxy groups -OCH3 is 1. The normalized spacial score (nSPS) is 11.3. The fourth-order valence-electron chi connectivity index (χ4n) is 1.64. The van der Waals surface area contributed by atoms with Crippen molar-refractivity contribution in [3.05, 3.63) is 29.8 Å². The molecule has 0 aromatic heterocycles. The zero-order valence-electron chi connectivity index (χ0n) is 11.7. The Morgan fingerprint density at radius 2 is 1.90 bits per heavy atom. The van der Waals surface area contributed by atoms with Gasteiger partial charge in [0, 0.05) is 27.1 Å². The first kappa shape index (κ1) is 16.6. The van der Waals surface area contributed by atoms with Crippen LogP contribution in [0.5, 0.6) is 0 Å². The number of aryl methyl sites for hydroxylation is 1. The predicted molar refractivity (Wildman–Crippen MR) is 75.6 cm³/mol. The van der Waals surface area contributed by atoms with E-state index in [1.807, 2.05) is 0 Å². The summed E-state index contributed by atoms with van der Waals surface area (Å²) in [4.78, 5) is 13.5. The van der Waals surface area contributed by atoms with Gasteiger partial charge in [0.05, 0.1) is 11.5 Å². The number of hydrogen-bond donors (Lipinski definition) is 1. The first-order valence-corrected chi connectivity index (χ1v) is 7.74. The van der Waals surface area contributed by atoms with Crippen LogP contribution >= 0.6 is 0 Å². The van der Waals surface area contributed by atoms with Crippen LogP contribution in [-0.2, 0) is 26.0 Å². The van der Waals surface area contributed by atoms with Crippen LogP contribution in [0.25, 0.3) is 0 Å². The van der Waals surface area contributed by atoms with Gasteiger partial charge in [0.25, 0.3) is 0 Å². The minimum absolute atomic E-state index is 0.0255. The Labute approximate surface area is 119 Å². The van der Waals surface area contributed by atoms with Crippen LogP contribution in [-0.4, -0.2) is 46.5 Å². The summed E-state index contributed by atoms with van der Waals surface area (Å²) in [5.74, 6) is 0.0255. The van der Waals surface area contributed by atoms with E-state index in [0.717, 1.165) is 5.56 Å². The molecule has 0 radical (unpaired) electrons. The summed E-state index contributed by atoms with van der Waals surface area (Å²) >= 11 is 0. The monoisotopic (exact) mass is 300 g/mol. The van der Waals surface area contributed by atoms with Crippen molar-refractivity contribution in [2.75, 3.05) is 27.3 Å². The number of sulfonamides is 1. The number of hydrogen-bond acceptors (Lipinski definition) is 4. The summed E-state index contributed by atoms with van der Waals surface area (Å²) in [6.45, 7) is 1.06. The van der Waals surface area contributed by atoms with Gasteiger partial charge in [-0.2, -0.15) is 0 Å². The number of benzene rings is 1. The molecule has 0 aliphatic carbocycles. The molecule has 0 heterocycles. The summed E-state index contributed by atoms with van der Waals surface area (Å²) in [5, 5.41) is 5.01. The lowest BCUT2D eigenvalue weighted by Crippen LogP contribution is -2.30. The molecule has 0 unspecified atom stereocenters. The lowest BCUT2D eigenvalue weighted by atomic mass is 10.1. The van der Waals surface area contributed by atoms with E-state index in [2.05, 4.69) is 0 Å². The Bertz CT molecular complexity index is 540. The van der Waals surface area contributed by atoms with E-state index < -0.39 is 10.0 Å². The molecule has 0 spiro atoms. The van der Waals surface area contributed by atoms with Gasteiger partial charge in [-0.1, -0.05) is 12.1 Å². The number of carbonyl (C=O) groups is 1. The molecule has 1 amide bonds. The standard InChI is InChI=1S/C13H20N2O4S/c1-15(9-10-19-2)13(16)8-5-11-3-6-12(7-4-11)20(14,17)18/h3-4,6-7H,5,8-10H2,1-2H3,(H2,14,17,18). The SMILES string of the molecule is COCCN(C)C(=O)CCc1ccc(S(N)(=O)=O)cc1. The van der Waals surface area contributed by atoms with Crippen LogP contribution < -0.4 is 5.14 Å². The smallest absolute Gasteiger partial charge is 0.238 e. The molecule has 0 fully saturated rings. The molecule has 7 heteroatoms. The van der Waals surface area contributed by atoms with Crippen molar-refractivity contribution in [3.8, 4) is 0 Å². The maximum atomic E-state index is 11.8. The average Bonchev–Trinajstić information content (AvgIpc) is 2.41. The minimum Gasteiger partial charge on any atom is -0.383 e. The fourth-order valence-corrected chi connectivity index (χ4v) is 2.16. The molecular formula is C13H20N2O4S. The van der Waals surface area contributed by atoms with E-state index in [1.54, 1.807) is 31.2 Å². The topological polar surface area (TPSA) is 89.7 Å². The van der Waals surface area contributed by atoms with E-state index >= 15 is 0 Å². The maximum absolute atomic E-state index is 11.8. The largest absolute Gasteiger partial charge is 0.383 e.